The van der Waals surface area contributed by atoms with Crippen molar-refractivity contribution in [2.75, 3.05) is 26.2 Å². The first kappa shape index (κ1) is 17.3. The van der Waals surface area contributed by atoms with Gasteiger partial charge < -0.3 is 15.0 Å². The van der Waals surface area contributed by atoms with Gasteiger partial charge in [0.05, 0.1) is 18.0 Å². The second-order valence-electron chi connectivity index (χ2n) is 5.95. The van der Waals surface area contributed by atoms with E-state index in [0.717, 1.165) is 12.3 Å². The van der Waals surface area contributed by atoms with Crippen LogP contribution in [0, 0.1) is 0 Å². The number of carbonyl (C=O) groups is 1. The highest BCUT2D eigenvalue weighted by Gasteiger charge is 2.31. The summed E-state index contributed by atoms with van der Waals surface area (Å²) in [5, 5.41) is 5.74. The molecule has 2 atom stereocenters. The van der Waals surface area contributed by atoms with Crippen LogP contribution in [-0.2, 0) is 4.79 Å². The van der Waals surface area contributed by atoms with Crippen molar-refractivity contribution in [1.29, 1.82) is 0 Å². The molecule has 0 bridgehead atoms. The summed E-state index contributed by atoms with van der Waals surface area (Å²) in [7, 11) is 0. The number of hydrogen-bond acceptors (Lipinski definition) is 3. The van der Waals surface area contributed by atoms with Crippen molar-refractivity contribution in [3.05, 3.63) is 51.7 Å². The van der Waals surface area contributed by atoms with E-state index >= 15 is 0 Å². The highest BCUT2D eigenvalue weighted by atomic mass is 35.5. The highest BCUT2D eigenvalue weighted by Crippen LogP contribution is 2.23. The smallest absolute Gasteiger partial charge is 0.275 e. The molecular weight excluding hydrogens is 344 g/mol. The van der Waals surface area contributed by atoms with Gasteiger partial charge >= 0.3 is 0 Å². The number of hydrogen-bond donors (Lipinski definition) is 2. The van der Waals surface area contributed by atoms with Crippen LogP contribution in [0.1, 0.15) is 23.8 Å². The Kier molecular flexibility index (Phi) is 6.12. The van der Waals surface area contributed by atoms with Gasteiger partial charge in [0.15, 0.2) is 6.54 Å². The Morgan fingerprint density at radius 1 is 1.33 bits per heavy atom. The summed E-state index contributed by atoms with van der Waals surface area (Å²) < 4.78 is 5.58. The van der Waals surface area contributed by atoms with E-state index in [0.29, 0.717) is 30.8 Å². The van der Waals surface area contributed by atoms with Crippen molar-refractivity contribution in [3.63, 3.8) is 0 Å². The lowest BCUT2D eigenvalue weighted by Gasteiger charge is -2.20. The van der Waals surface area contributed by atoms with Gasteiger partial charge in [0.1, 0.15) is 18.4 Å². The lowest BCUT2D eigenvalue weighted by Crippen LogP contribution is -3.11. The highest BCUT2D eigenvalue weighted by molar-refractivity contribution is 7.10. The average molecular weight is 366 g/mol. The molecule has 4 nitrogen and oxygen atoms in total. The number of benzene rings is 1. The number of ether oxygens (including phenoxy) is 1. The normalized spacial score (nSPS) is 20.0. The van der Waals surface area contributed by atoms with E-state index in [2.05, 4.69) is 22.8 Å². The molecular formula is C18H22ClN2O2S+. The fourth-order valence-corrected chi connectivity index (χ4v) is 4.16. The molecule has 128 valence electrons. The Hall–Kier alpha value is -1.56. The van der Waals surface area contributed by atoms with Crippen molar-refractivity contribution >= 4 is 28.8 Å². The monoisotopic (exact) mass is 365 g/mol. The van der Waals surface area contributed by atoms with Crippen LogP contribution in [-0.4, -0.2) is 32.1 Å². The first-order chi connectivity index (χ1) is 11.7. The third-order valence-corrected chi connectivity index (χ3v) is 5.50. The predicted octanol–water partition coefficient (Wildman–Crippen LogP) is 2.32. The van der Waals surface area contributed by atoms with E-state index in [1.165, 1.54) is 22.6 Å². The van der Waals surface area contributed by atoms with Crippen molar-refractivity contribution in [2.45, 2.75) is 18.9 Å². The molecule has 1 fully saturated rings. The summed E-state index contributed by atoms with van der Waals surface area (Å²) in [6.45, 7) is 2.57. The van der Waals surface area contributed by atoms with Crippen LogP contribution in [0.5, 0.6) is 5.75 Å². The minimum atomic E-state index is 0.0909. The molecule has 1 unspecified atom stereocenters. The van der Waals surface area contributed by atoms with Crippen LogP contribution in [0.15, 0.2) is 41.8 Å². The zero-order chi connectivity index (χ0) is 16.8. The minimum Gasteiger partial charge on any atom is -0.492 e. The topological polar surface area (TPSA) is 42.8 Å². The molecule has 3 rings (SSSR count). The molecule has 2 heterocycles. The summed E-state index contributed by atoms with van der Waals surface area (Å²) >= 11 is 7.62. The summed E-state index contributed by atoms with van der Waals surface area (Å²) in [5.74, 6) is 0.852. The number of likely N-dealkylation sites (tertiary alicyclic amines) is 1. The Morgan fingerprint density at radius 3 is 2.92 bits per heavy atom. The van der Waals surface area contributed by atoms with Gasteiger partial charge in [-0.15, -0.1) is 11.3 Å². The molecule has 1 aliphatic rings. The molecule has 1 saturated heterocycles. The molecule has 6 heteroatoms. The SMILES string of the molecule is O=C(C[NH+]1CCC[C@H]1c1cccs1)NCCOc1ccc(Cl)cc1. The molecule has 0 spiro atoms. The number of quaternary nitrogens is 1. The lowest BCUT2D eigenvalue weighted by atomic mass is 10.2. The van der Waals surface area contributed by atoms with Crippen LogP contribution in [0.4, 0.5) is 0 Å². The third-order valence-electron chi connectivity index (χ3n) is 4.26. The Labute approximate surface area is 151 Å². The number of nitrogens with one attached hydrogen (secondary N) is 2. The van der Waals surface area contributed by atoms with E-state index in [-0.39, 0.29) is 5.91 Å². The predicted molar refractivity (Wildman–Crippen MR) is 96.9 cm³/mol. The van der Waals surface area contributed by atoms with Gasteiger partial charge in [-0.3, -0.25) is 4.79 Å². The molecule has 0 radical (unpaired) electrons. The van der Waals surface area contributed by atoms with Gasteiger partial charge in [0.25, 0.3) is 5.91 Å². The number of thiophene rings is 1. The minimum absolute atomic E-state index is 0.0909. The fraction of sp³-hybridized carbons (Fsp3) is 0.389. The third kappa shape index (κ3) is 4.72. The molecule has 2 aromatic rings. The first-order valence-electron chi connectivity index (χ1n) is 8.25. The van der Waals surface area contributed by atoms with E-state index in [9.17, 15) is 4.79 Å². The molecule has 2 N–H and O–H groups in total. The standard InChI is InChI=1S/C18H21ClN2O2S/c19-14-5-7-15(8-6-14)23-11-9-20-18(22)13-21-10-1-3-16(21)17-4-2-12-24-17/h2,4-8,12,16H,1,3,9-11,13H2,(H,20,22)/p+1/t16-/m0/s1. The van der Waals surface area contributed by atoms with Gasteiger partial charge in [-0.1, -0.05) is 17.7 Å². The number of carbonyl (C=O) groups excluding carboxylic acids is 1. The Morgan fingerprint density at radius 2 is 2.17 bits per heavy atom. The summed E-state index contributed by atoms with van der Waals surface area (Å²) in [5.41, 5.74) is 0. The van der Waals surface area contributed by atoms with Crippen molar-refractivity contribution < 1.29 is 14.4 Å². The largest absolute Gasteiger partial charge is 0.492 e. The number of rotatable bonds is 7. The van der Waals surface area contributed by atoms with E-state index in [1.54, 1.807) is 23.5 Å². The summed E-state index contributed by atoms with van der Waals surface area (Å²) in [6, 6.07) is 12.0. The lowest BCUT2D eigenvalue weighted by molar-refractivity contribution is -0.910. The number of amides is 1. The van der Waals surface area contributed by atoms with Gasteiger partial charge in [-0.05, 0) is 35.7 Å². The maximum Gasteiger partial charge on any atom is 0.275 e. The Bertz CT molecular complexity index is 646. The Balaban J connectivity index is 1.38. The van der Waals surface area contributed by atoms with Crippen molar-refractivity contribution in [2.24, 2.45) is 0 Å². The molecule has 1 aromatic carbocycles. The van der Waals surface area contributed by atoms with E-state index < -0.39 is 0 Å². The van der Waals surface area contributed by atoms with Crippen LogP contribution < -0.4 is 15.0 Å². The van der Waals surface area contributed by atoms with Gasteiger partial charge in [-0.2, -0.15) is 0 Å². The number of halogens is 1. The zero-order valence-electron chi connectivity index (χ0n) is 13.5. The van der Waals surface area contributed by atoms with Gasteiger partial charge in [0.2, 0.25) is 0 Å². The van der Waals surface area contributed by atoms with Gasteiger partial charge in [0, 0.05) is 17.9 Å². The molecule has 24 heavy (non-hydrogen) atoms. The van der Waals surface area contributed by atoms with Crippen LogP contribution in [0.2, 0.25) is 5.02 Å². The molecule has 0 aliphatic carbocycles. The van der Waals surface area contributed by atoms with Gasteiger partial charge in [-0.25, -0.2) is 0 Å². The zero-order valence-corrected chi connectivity index (χ0v) is 15.0. The van der Waals surface area contributed by atoms with Crippen molar-refractivity contribution in [1.82, 2.24) is 5.32 Å². The quantitative estimate of drug-likeness (QED) is 0.739. The first-order valence-corrected chi connectivity index (χ1v) is 9.51. The van der Waals surface area contributed by atoms with Crippen LogP contribution in [0.3, 0.4) is 0 Å². The fourth-order valence-electron chi connectivity index (χ4n) is 3.12. The average Bonchev–Trinajstić information content (AvgIpc) is 3.24. The maximum absolute atomic E-state index is 12.2. The molecule has 1 amide bonds. The maximum atomic E-state index is 12.2. The van der Waals surface area contributed by atoms with Crippen molar-refractivity contribution in [3.8, 4) is 5.75 Å². The van der Waals surface area contributed by atoms with Crippen LogP contribution in [0.25, 0.3) is 0 Å². The second kappa shape index (κ2) is 8.51. The van der Waals surface area contributed by atoms with Crippen LogP contribution >= 0.6 is 22.9 Å². The molecule has 1 aliphatic heterocycles. The summed E-state index contributed by atoms with van der Waals surface area (Å²) in [4.78, 5) is 14.9. The molecule has 0 saturated carbocycles. The van der Waals surface area contributed by atoms with E-state index in [1.807, 2.05) is 12.1 Å². The molecule has 1 aromatic heterocycles. The van der Waals surface area contributed by atoms with E-state index in [4.69, 9.17) is 16.3 Å². The summed E-state index contributed by atoms with van der Waals surface area (Å²) in [6.07, 6.45) is 2.35. The second-order valence-corrected chi connectivity index (χ2v) is 7.36.